The number of anilines is 1. The Morgan fingerprint density at radius 3 is 3.10 bits per heavy atom. The molecule has 0 aliphatic heterocycles. The van der Waals surface area contributed by atoms with Crippen LogP contribution in [0.3, 0.4) is 0 Å². The monoisotopic (exact) mass is 290 g/mol. The third-order valence-electron chi connectivity index (χ3n) is 2.91. The van der Waals surface area contributed by atoms with Crippen LogP contribution < -0.4 is 11.1 Å². The summed E-state index contributed by atoms with van der Waals surface area (Å²) in [6.07, 6.45) is 6.04. The highest BCUT2D eigenvalue weighted by Crippen LogP contribution is 2.20. The smallest absolute Gasteiger partial charge is 0.241 e. The van der Waals surface area contributed by atoms with E-state index in [-0.39, 0.29) is 5.91 Å². The van der Waals surface area contributed by atoms with Crippen molar-refractivity contribution < 1.29 is 4.79 Å². The molecule has 4 N–H and O–H groups in total. The number of aromatic amines is 1. The summed E-state index contributed by atoms with van der Waals surface area (Å²) in [7, 11) is 0. The first-order chi connectivity index (χ1) is 9.70. The molecule has 106 valence electrons. The van der Waals surface area contributed by atoms with Gasteiger partial charge in [-0.25, -0.2) is 4.98 Å². The Balaban J connectivity index is 2.03. The first-order valence-corrected chi connectivity index (χ1v) is 7.74. The largest absolute Gasteiger partial charge is 0.345 e. The SMILES string of the molecule is CSCC[C@H](N)C(=O)Nc1cccc(-c2cnc[nH]2)c1. The van der Waals surface area contributed by atoms with Gasteiger partial charge in [-0.2, -0.15) is 11.8 Å². The number of nitrogens with zero attached hydrogens (tertiary/aromatic N) is 1. The number of imidazole rings is 1. The average molecular weight is 290 g/mol. The Labute approximate surface area is 122 Å². The number of carbonyl (C=O) groups excluding carboxylic acids is 1. The van der Waals surface area contributed by atoms with Crippen LogP contribution in [-0.2, 0) is 4.79 Å². The minimum Gasteiger partial charge on any atom is -0.345 e. The molecule has 2 aromatic rings. The summed E-state index contributed by atoms with van der Waals surface area (Å²) in [6, 6.07) is 7.11. The third kappa shape index (κ3) is 3.85. The number of hydrogen-bond acceptors (Lipinski definition) is 4. The van der Waals surface area contributed by atoms with E-state index in [0.29, 0.717) is 6.42 Å². The van der Waals surface area contributed by atoms with Gasteiger partial charge in [0.15, 0.2) is 0 Å². The van der Waals surface area contributed by atoms with E-state index in [0.717, 1.165) is 22.7 Å². The lowest BCUT2D eigenvalue weighted by Crippen LogP contribution is -2.36. The summed E-state index contributed by atoms with van der Waals surface area (Å²) < 4.78 is 0. The van der Waals surface area contributed by atoms with Gasteiger partial charge < -0.3 is 16.0 Å². The minimum atomic E-state index is -0.474. The molecule has 1 aromatic heterocycles. The molecule has 5 nitrogen and oxygen atoms in total. The van der Waals surface area contributed by atoms with Crippen molar-refractivity contribution in [3.05, 3.63) is 36.8 Å². The maximum Gasteiger partial charge on any atom is 0.241 e. The number of hydrogen-bond donors (Lipinski definition) is 3. The molecule has 1 atom stereocenters. The van der Waals surface area contributed by atoms with Gasteiger partial charge in [-0.15, -0.1) is 0 Å². The maximum atomic E-state index is 12.0. The van der Waals surface area contributed by atoms with Crippen molar-refractivity contribution in [3.63, 3.8) is 0 Å². The van der Waals surface area contributed by atoms with Crippen molar-refractivity contribution >= 4 is 23.4 Å². The van der Waals surface area contributed by atoms with Gasteiger partial charge in [0, 0.05) is 11.3 Å². The van der Waals surface area contributed by atoms with Gasteiger partial charge in [-0.05, 0) is 30.6 Å². The van der Waals surface area contributed by atoms with Gasteiger partial charge >= 0.3 is 0 Å². The number of benzene rings is 1. The van der Waals surface area contributed by atoms with E-state index in [9.17, 15) is 4.79 Å². The van der Waals surface area contributed by atoms with Crippen molar-refractivity contribution in [2.75, 3.05) is 17.3 Å². The number of aromatic nitrogens is 2. The lowest BCUT2D eigenvalue weighted by Gasteiger charge is -2.12. The quantitative estimate of drug-likeness (QED) is 0.760. The van der Waals surface area contributed by atoms with E-state index in [2.05, 4.69) is 15.3 Å². The highest BCUT2D eigenvalue weighted by molar-refractivity contribution is 7.98. The number of carbonyl (C=O) groups is 1. The van der Waals surface area contributed by atoms with Crippen LogP contribution in [0.15, 0.2) is 36.8 Å². The molecule has 1 aromatic carbocycles. The highest BCUT2D eigenvalue weighted by atomic mass is 32.2. The number of nitrogens with one attached hydrogen (secondary N) is 2. The minimum absolute atomic E-state index is 0.152. The number of thioether (sulfide) groups is 1. The molecule has 0 saturated carbocycles. The summed E-state index contributed by atoms with van der Waals surface area (Å²) in [5.41, 5.74) is 8.46. The first kappa shape index (κ1) is 14.6. The molecule has 1 amide bonds. The lowest BCUT2D eigenvalue weighted by atomic mass is 10.1. The first-order valence-electron chi connectivity index (χ1n) is 6.35. The van der Waals surface area contributed by atoms with Crippen molar-refractivity contribution in [1.82, 2.24) is 9.97 Å². The summed E-state index contributed by atoms with van der Waals surface area (Å²) in [5, 5.41) is 2.85. The normalized spacial score (nSPS) is 12.1. The molecule has 0 radical (unpaired) electrons. The van der Waals surface area contributed by atoms with Gasteiger partial charge in [0.1, 0.15) is 0 Å². The van der Waals surface area contributed by atoms with Crippen LogP contribution in [0, 0.1) is 0 Å². The van der Waals surface area contributed by atoms with Crippen LogP contribution >= 0.6 is 11.8 Å². The Kier molecular flexibility index (Phi) is 5.20. The average Bonchev–Trinajstić information content (AvgIpc) is 2.99. The Hall–Kier alpha value is -1.79. The standard InChI is InChI=1S/C14H18N4OS/c1-20-6-5-12(15)14(19)18-11-4-2-3-10(7-11)13-8-16-9-17-13/h2-4,7-9,12H,5-6,15H2,1H3,(H,16,17)(H,18,19)/t12-/m0/s1. The maximum absolute atomic E-state index is 12.0. The fraction of sp³-hybridized carbons (Fsp3) is 0.286. The van der Waals surface area contributed by atoms with Crippen LogP contribution in [0.1, 0.15) is 6.42 Å². The molecule has 20 heavy (non-hydrogen) atoms. The molecule has 1 heterocycles. The number of nitrogens with two attached hydrogens (primary N) is 1. The Morgan fingerprint density at radius 2 is 2.40 bits per heavy atom. The number of H-pyrrole nitrogens is 1. The molecule has 0 saturated heterocycles. The molecular formula is C14H18N4OS. The van der Waals surface area contributed by atoms with Gasteiger partial charge in [-0.1, -0.05) is 12.1 Å². The van der Waals surface area contributed by atoms with Crippen molar-refractivity contribution in [1.29, 1.82) is 0 Å². The topological polar surface area (TPSA) is 83.8 Å². The van der Waals surface area contributed by atoms with E-state index in [4.69, 9.17) is 5.73 Å². The second kappa shape index (κ2) is 7.12. The van der Waals surface area contributed by atoms with E-state index in [1.165, 1.54) is 0 Å². The second-order valence-electron chi connectivity index (χ2n) is 4.42. The van der Waals surface area contributed by atoms with Gasteiger partial charge in [0.2, 0.25) is 5.91 Å². The highest BCUT2D eigenvalue weighted by Gasteiger charge is 2.13. The van der Waals surface area contributed by atoms with E-state index >= 15 is 0 Å². The molecule has 0 spiro atoms. The van der Waals surface area contributed by atoms with Crippen LogP contribution in [0.25, 0.3) is 11.3 Å². The van der Waals surface area contributed by atoms with E-state index < -0.39 is 6.04 Å². The van der Waals surface area contributed by atoms with E-state index in [1.54, 1.807) is 24.3 Å². The fourth-order valence-electron chi connectivity index (χ4n) is 1.79. The number of rotatable bonds is 6. The zero-order valence-corrected chi connectivity index (χ0v) is 12.1. The Bertz CT molecular complexity index is 556. The Morgan fingerprint density at radius 1 is 1.55 bits per heavy atom. The zero-order chi connectivity index (χ0) is 14.4. The van der Waals surface area contributed by atoms with Gasteiger partial charge in [0.25, 0.3) is 0 Å². The predicted octanol–water partition coefficient (Wildman–Crippen LogP) is 2.10. The molecule has 0 unspecified atom stereocenters. The summed E-state index contributed by atoms with van der Waals surface area (Å²) in [5.74, 6) is 0.726. The van der Waals surface area contributed by atoms with Gasteiger partial charge in [0.05, 0.1) is 24.3 Å². The molecule has 0 fully saturated rings. The van der Waals surface area contributed by atoms with Crippen molar-refractivity contribution in [3.8, 4) is 11.3 Å². The molecule has 0 aliphatic rings. The summed E-state index contributed by atoms with van der Waals surface area (Å²) in [6.45, 7) is 0. The number of amides is 1. The predicted molar refractivity (Wildman–Crippen MR) is 83.6 cm³/mol. The molecular weight excluding hydrogens is 272 g/mol. The summed E-state index contributed by atoms with van der Waals surface area (Å²) in [4.78, 5) is 19.0. The molecule has 2 rings (SSSR count). The van der Waals surface area contributed by atoms with Crippen LogP contribution in [-0.4, -0.2) is 33.9 Å². The zero-order valence-electron chi connectivity index (χ0n) is 11.3. The molecule has 0 bridgehead atoms. The third-order valence-corrected chi connectivity index (χ3v) is 3.55. The van der Waals surface area contributed by atoms with Crippen molar-refractivity contribution in [2.45, 2.75) is 12.5 Å². The second-order valence-corrected chi connectivity index (χ2v) is 5.41. The van der Waals surface area contributed by atoms with E-state index in [1.807, 2.05) is 30.5 Å². The summed E-state index contributed by atoms with van der Waals surface area (Å²) >= 11 is 1.68. The fourth-order valence-corrected chi connectivity index (χ4v) is 2.28. The van der Waals surface area contributed by atoms with Crippen molar-refractivity contribution in [2.24, 2.45) is 5.73 Å². The lowest BCUT2D eigenvalue weighted by molar-refractivity contribution is -0.117. The van der Waals surface area contributed by atoms with Crippen LogP contribution in [0.2, 0.25) is 0 Å². The van der Waals surface area contributed by atoms with Crippen LogP contribution in [0.5, 0.6) is 0 Å². The van der Waals surface area contributed by atoms with Crippen LogP contribution in [0.4, 0.5) is 5.69 Å². The molecule has 0 aliphatic carbocycles. The van der Waals surface area contributed by atoms with Gasteiger partial charge in [-0.3, -0.25) is 4.79 Å². The molecule has 6 heteroatoms.